The van der Waals surface area contributed by atoms with Gasteiger partial charge in [0.15, 0.2) is 5.60 Å². The van der Waals surface area contributed by atoms with E-state index in [-0.39, 0.29) is 24.5 Å². The molecule has 0 saturated carbocycles. The lowest BCUT2D eigenvalue weighted by molar-refractivity contribution is -0.143. The molecular weight excluding hydrogens is 358 g/mol. The van der Waals surface area contributed by atoms with Gasteiger partial charge in [-0.15, -0.1) is 0 Å². The van der Waals surface area contributed by atoms with Crippen LogP contribution in [0.25, 0.3) is 0 Å². The van der Waals surface area contributed by atoms with Gasteiger partial charge in [-0.1, -0.05) is 18.2 Å². The number of ether oxygens (including phenoxy) is 1. The molecule has 4 rings (SSSR count). The second-order valence-electron chi connectivity index (χ2n) is 7.27. The van der Waals surface area contributed by atoms with E-state index < -0.39 is 17.5 Å². The van der Waals surface area contributed by atoms with Gasteiger partial charge in [-0.3, -0.25) is 14.5 Å². The molecule has 2 aromatic carbocycles. The predicted molar refractivity (Wildman–Crippen MR) is 103 cm³/mol. The Morgan fingerprint density at radius 1 is 1.14 bits per heavy atom. The average Bonchev–Trinajstić information content (AvgIpc) is 2.90. The van der Waals surface area contributed by atoms with Crippen LogP contribution in [0.4, 0.5) is 5.69 Å². The molecule has 0 fully saturated rings. The molecule has 0 radical (unpaired) electrons. The van der Waals surface area contributed by atoms with E-state index in [0.717, 1.165) is 36.8 Å². The summed E-state index contributed by atoms with van der Waals surface area (Å²) in [6.45, 7) is 1.61. The molecule has 2 aliphatic rings. The summed E-state index contributed by atoms with van der Waals surface area (Å²) in [6.07, 6.45) is 3.82. The van der Waals surface area contributed by atoms with Crippen molar-refractivity contribution in [2.24, 2.45) is 0 Å². The van der Waals surface area contributed by atoms with E-state index >= 15 is 0 Å². The zero-order valence-electron chi connectivity index (χ0n) is 15.8. The molecule has 0 spiro atoms. The lowest BCUT2D eigenvalue weighted by Crippen LogP contribution is -2.43. The van der Waals surface area contributed by atoms with Crippen LogP contribution >= 0.6 is 0 Å². The number of nitrogens with zero attached hydrogens (tertiary/aromatic N) is 1. The SMILES string of the molecule is CCOC(=O)CN1C(=O)[C@](O)(c2cc3c(cc2O)CCCC3)c2ccccc21. The third kappa shape index (κ3) is 2.76. The van der Waals surface area contributed by atoms with Crippen LogP contribution in [-0.4, -0.2) is 35.2 Å². The lowest BCUT2D eigenvalue weighted by Gasteiger charge is -2.26. The summed E-state index contributed by atoms with van der Waals surface area (Å²) in [5.74, 6) is -1.32. The Kier molecular flexibility index (Phi) is 4.59. The van der Waals surface area contributed by atoms with Gasteiger partial charge < -0.3 is 14.9 Å². The van der Waals surface area contributed by atoms with Crippen molar-refractivity contribution in [3.63, 3.8) is 0 Å². The summed E-state index contributed by atoms with van der Waals surface area (Å²) in [4.78, 5) is 26.5. The molecule has 146 valence electrons. The molecule has 2 aromatic rings. The molecule has 2 N–H and O–H groups in total. The van der Waals surface area contributed by atoms with E-state index in [1.807, 2.05) is 0 Å². The highest BCUT2D eigenvalue weighted by molar-refractivity contribution is 6.11. The number of hydrogen-bond donors (Lipinski definition) is 2. The number of benzene rings is 2. The minimum Gasteiger partial charge on any atom is -0.508 e. The van der Waals surface area contributed by atoms with E-state index in [2.05, 4.69) is 0 Å². The van der Waals surface area contributed by atoms with Crippen LogP contribution in [0.3, 0.4) is 0 Å². The Morgan fingerprint density at radius 3 is 2.54 bits per heavy atom. The molecular formula is C22H23NO5. The van der Waals surface area contributed by atoms with Crippen molar-refractivity contribution >= 4 is 17.6 Å². The second-order valence-corrected chi connectivity index (χ2v) is 7.27. The number of para-hydroxylation sites is 1. The number of aliphatic hydroxyl groups is 1. The summed E-state index contributed by atoms with van der Waals surface area (Å²) in [5.41, 5.74) is 1.02. The molecule has 1 aliphatic heterocycles. The molecule has 6 nitrogen and oxygen atoms in total. The fourth-order valence-corrected chi connectivity index (χ4v) is 4.25. The van der Waals surface area contributed by atoms with Gasteiger partial charge in [-0.25, -0.2) is 0 Å². The number of carbonyl (C=O) groups is 2. The first kappa shape index (κ1) is 18.5. The predicted octanol–water partition coefficient (Wildman–Crippen LogP) is 2.42. The van der Waals surface area contributed by atoms with Crippen molar-refractivity contribution in [1.29, 1.82) is 0 Å². The zero-order chi connectivity index (χ0) is 19.9. The van der Waals surface area contributed by atoms with Crippen LogP contribution in [0.1, 0.15) is 42.0 Å². The molecule has 0 unspecified atom stereocenters. The van der Waals surface area contributed by atoms with Gasteiger partial charge in [0.25, 0.3) is 5.91 Å². The van der Waals surface area contributed by atoms with Gasteiger partial charge in [-0.05, 0) is 61.9 Å². The van der Waals surface area contributed by atoms with E-state index in [1.165, 1.54) is 4.90 Å². The number of rotatable bonds is 4. The van der Waals surface area contributed by atoms with Crippen molar-refractivity contribution in [3.05, 3.63) is 58.7 Å². The first-order chi connectivity index (χ1) is 13.5. The van der Waals surface area contributed by atoms with Crippen molar-refractivity contribution in [2.45, 2.75) is 38.2 Å². The van der Waals surface area contributed by atoms with Crippen LogP contribution < -0.4 is 4.90 Å². The molecule has 0 aromatic heterocycles. The maximum Gasteiger partial charge on any atom is 0.326 e. The van der Waals surface area contributed by atoms with Gasteiger partial charge in [0.1, 0.15) is 12.3 Å². The van der Waals surface area contributed by atoms with Crippen LogP contribution in [-0.2, 0) is 32.8 Å². The topological polar surface area (TPSA) is 87.1 Å². The highest BCUT2D eigenvalue weighted by atomic mass is 16.5. The molecule has 1 heterocycles. The minimum absolute atomic E-state index is 0.107. The Bertz CT molecular complexity index is 954. The van der Waals surface area contributed by atoms with E-state index in [1.54, 1.807) is 43.3 Å². The van der Waals surface area contributed by atoms with Crippen LogP contribution in [0.15, 0.2) is 36.4 Å². The maximum absolute atomic E-state index is 13.3. The molecule has 0 saturated heterocycles. The number of phenolic OH excluding ortho intramolecular Hbond substituents is 1. The molecule has 28 heavy (non-hydrogen) atoms. The van der Waals surface area contributed by atoms with Crippen molar-refractivity contribution < 1.29 is 24.5 Å². The lowest BCUT2D eigenvalue weighted by atomic mass is 9.82. The minimum atomic E-state index is -2.04. The van der Waals surface area contributed by atoms with Crippen molar-refractivity contribution in [2.75, 3.05) is 18.1 Å². The fourth-order valence-electron chi connectivity index (χ4n) is 4.25. The first-order valence-electron chi connectivity index (χ1n) is 9.61. The summed E-state index contributed by atoms with van der Waals surface area (Å²) in [5, 5.41) is 22.2. The molecule has 1 aliphatic carbocycles. The average molecular weight is 381 g/mol. The highest BCUT2D eigenvalue weighted by Gasteiger charge is 2.53. The van der Waals surface area contributed by atoms with Gasteiger partial charge in [0.05, 0.1) is 12.3 Å². The maximum atomic E-state index is 13.3. The number of aryl methyl sites for hydroxylation is 2. The molecule has 1 atom stereocenters. The van der Waals surface area contributed by atoms with Crippen molar-refractivity contribution in [1.82, 2.24) is 0 Å². The summed E-state index contributed by atoms with van der Waals surface area (Å²) < 4.78 is 4.98. The zero-order valence-corrected chi connectivity index (χ0v) is 15.8. The number of phenols is 1. The number of aromatic hydroxyl groups is 1. The van der Waals surface area contributed by atoms with Gasteiger partial charge in [0.2, 0.25) is 0 Å². The van der Waals surface area contributed by atoms with E-state index in [4.69, 9.17) is 4.74 Å². The third-order valence-corrected chi connectivity index (χ3v) is 5.58. The number of fused-ring (bicyclic) bond motifs is 2. The van der Waals surface area contributed by atoms with Crippen LogP contribution in [0, 0.1) is 0 Å². The summed E-state index contributed by atoms with van der Waals surface area (Å²) in [6, 6.07) is 10.2. The van der Waals surface area contributed by atoms with E-state index in [0.29, 0.717) is 11.3 Å². The monoisotopic (exact) mass is 381 g/mol. The number of amides is 1. The van der Waals surface area contributed by atoms with Crippen LogP contribution in [0.5, 0.6) is 5.75 Å². The van der Waals surface area contributed by atoms with Gasteiger partial charge in [0, 0.05) is 11.1 Å². The first-order valence-corrected chi connectivity index (χ1v) is 9.61. The third-order valence-electron chi connectivity index (χ3n) is 5.58. The van der Waals surface area contributed by atoms with Gasteiger partial charge in [-0.2, -0.15) is 0 Å². The number of carbonyl (C=O) groups excluding carboxylic acids is 2. The van der Waals surface area contributed by atoms with Crippen LogP contribution in [0.2, 0.25) is 0 Å². The summed E-state index contributed by atoms with van der Waals surface area (Å²) >= 11 is 0. The Morgan fingerprint density at radius 2 is 1.82 bits per heavy atom. The number of esters is 1. The Hall–Kier alpha value is -2.86. The molecule has 6 heteroatoms. The summed E-state index contributed by atoms with van der Waals surface area (Å²) in [7, 11) is 0. The smallest absolute Gasteiger partial charge is 0.326 e. The number of anilines is 1. The quantitative estimate of drug-likeness (QED) is 0.795. The molecule has 1 amide bonds. The Labute approximate surface area is 163 Å². The van der Waals surface area contributed by atoms with Gasteiger partial charge >= 0.3 is 5.97 Å². The Balaban J connectivity index is 1.83. The molecule has 0 bridgehead atoms. The number of hydrogen-bond acceptors (Lipinski definition) is 5. The largest absolute Gasteiger partial charge is 0.508 e. The standard InChI is InChI=1S/C22H23NO5/c1-2-28-20(25)13-23-18-10-6-5-9-16(18)22(27,21(23)26)17-11-14-7-3-4-8-15(14)12-19(17)24/h5-6,9-12,24,27H,2-4,7-8,13H2,1H3/t22-/m1/s1. The fraction of sp³-hybridized carbons (Fsp3) is 0.364. The van der Waals surface area contributed by atoms with Crippen molar-refractivity contribution in [3.8, 4) is 5.75 Å². The van der Waals surface area contributed by atoms with E-state index in [9.17, 15) is 19.8 Å². The normalized spacial score (nSPS) is 20.6. The highest BCUT2D eigenvalue weighted by Crippen LogP contribution is 2.47. The second kappa shape index (κ2) is 6.95.